The zero-order valence-corrected chi connectivity index (χ0v) is 23.4. The average Bonchev–Trinajstić information content (AvgIpc) is 2.79. The van der Waals surface area contributed by atoms with Crippen LogP contribution in [-0.2, 0) is 4.74 Å². The first kappa shape index (κ1) is 34.6. The molecule has 0 radical (unpaired) electrons. The van der Waals surface area contributed by atoms with Gasteiger partial charge in [0.15, 0.2) is 0 Å². The highest BCUT2D eigenvalue weighted by Crippen LogP contribution is 2.49. The minimum Gasteiger partial charge on any atom is -0.499 e. The van der Waals surface area contributed by atoms with Crippen molar-refractivity contribution in [1.82, 2.24) is 4.90 Å². The fourth-order valence-electron chi connectivity index (χ4n) is 4.64. The number of aryl methyl sites for hydroxylation is 2. The summed E-state index contributed by atoms with van der Waals surface area (Å²) in [6, 6.07) is 6.18. The van der Waals surface area contributed by atoms with Crippen molar-refractivity contribution < 1.29 is 9.47 Å². The molecule has 0 spiro atoms. The maximum Gasteiger partial charge on any atom is 0.122 e. The Bertz CT molecular complexity index is 672. The SMILES string of the molecule is C.C=C(C)OCCCC.CC.CN1CCCC2(C)CCCCC12N.COc1cc(C)ccc1C. The van der Waals surface area contributed by atoms with Crippen molar-refractivity contribution >= 4 is 0 Å². The largest absolute Gasteiger partial charge is 0.499 e. The molecule has 34 heavy (non-hydrogen) atoms. The first-order chi connectivity index (χ1) is 15.6. The van der Waals surface area contributed by atoms with Gasteiger partial charge in [-0.05, 0) is 89.1 Å². The summed E-state index contributed by atoms with van der Waals surface area (Å²) in [5.74, 6) is 1.79. The molecule has 0 amide bonds. The highest BCUT2D eigenvalue weighted by molar-refractivity contribution is 5.35. The van der Waals surface area contributed by atoms with Crippen LogP contribution in [0.5, 0.6) is 5.75 Å². The summed E-state index contributed by atoms with van der Waals surface area (Å²) in [5, 5.41) is 0. The molecule has 0 aromatic heterocycles. The van der Waals surface area contributed by atoms with Crippen molar-refractivity contribution in [1.29, 1.82) is 0 Å². The van der Waals surface area contributed by atoms with Crippen molar-refractivity contribution in [2.45, 2.75) is 113 Å². The van der Waals surface area contributed by atoms with Gasteiger partial charge in [0.2, 0.25) is 0 Å². The summed E-state index contributed by atoms with van der Waals surface area (Å²) in [7, 11) is 3.89. The van der Waals surface area contributed by atoms with Crippen LogP contribution in [0.4, 0.5) is 0 Å². The van der Waals surface area contributed by atoms with Crippen molar-refractivity contribution in [2.24, 2.45) is 11.1 Å². The van der Waals surface area contributed by atoms with Gasteiger partial charge in [0.05, 0.1) is 25.1 Å². The molecule has 0 bridgehead atoms. The Morgan fingerprint density at radius 2 is 1.71 bits per heavy atom. The number of nitrogens with zero attached hydrogens (tertiary/aromatic N) is 1. The van der Waals surface area contributed by atoms with Crippen LogP contribution in [0, 0.1) is 19.3 Å². The molecule has 4 heteroatoms. The number of ether oxygens (including phenoxy) is 2. The van der Waals surface area contributed by atoms with Crippen LogP contribution < -0.4 is 10.5 Å². The lowest BCUT2D eigenvalue weighted by molar-refractivity contribution is -0.0775. The summed E-state index contributed by atoms with van der Waals surface area (Å²) in [6.07, 6.45) is 10.2. The smallest absolute Gasteiger partial charge is 0.122 e. The van der Waals surface area contributed by atoms with Gasteiger partial charge in [-0.2, -0.15) is 0 Å². The number of fused-ring (bicyclic) bond motifs is 1. The van der Waals surface area contributed by atoms with Gasteiger partial charge >= 0.3 is 0 Å². The Morgan fingerprint density at radius 3 is 2.21 bits per heavy atom. The van der Waals surface area contributed by atoms with E-state index in [1.807, 2.05) is 33.8 Å². The number of allylic oxidation sites excluding steroid dienone is 1. The third kappa shape index (κ3) is 10.8. The zero-order chi connectivity index (χ0) is 25.5. The van der Waals surface area contributed by atoms with E-state index < -0.39 is 0 Å². The Hall–Kier alpha value is -1.52. The molecule has 1 saturated carbocycles. The molecule has 1 aliphatic heterocycles. The van der Waals surface area contributed by atoms with Crippen LogP contribution in [0.2, 0.25) is 0 Å². The maximum absolute atomic E-state index is 6.57. The number of benzene rings is 1. The lowest BCUT2D eigenvalue weighted by Crippen LogP contribution is -2.68. The summed E-state index contributed by atoms with van der Waals surface area (Å²) >= 11 is 0. The first-order valence-electron chi connectivity index (χ1n) is 13.0. The van der Waals surface area contributed by atoms with Gasteiger partial charge in [-0.3, -0.25) is 4.90 Å². The number of nitrogens with two attached hydrogens (primary N) is 1. The van der Waals surface area contributed by atoms with Gasteiger partial charge in [0, 0.05) is 0 Å². The molecular formula is C30H58N2O2. The molecule has 2 N–H and O–H groups in total. The number of hydrogen-bond donors (Lipinski definition) is 1. The number of hydrogen-bond acceptors (Lipinski definition) is 4. The van der Waals surface area contributed by atoms with Crippen LogP contribution in [0.1, 0.15) is 105 Å². The predicted octanol–water partition coefficient (Wildman–Crippen LogP) is 8.26. The molecule has 1 aliphatic carbocycles. The standard InChI is InChI=1S/C11H22N2.C9H12O.C7H14O.C2H6.CH4/c1-10-6-3-4-8-11(10,12)13(2)9-5-7-10;1-7-4-5-8(2)9(6-7)10-3;1-4-5-6-8-7(2)3;1-2;/h3-9,12H2,1-2H3;4-6H,1-3H3;2,4-6H2,1,3H3;1-2H3;1H4. The van der Waals surface area contributed by atoms with Crippen LogP contribution in [-0.4, -0.2) is 37.9 Å². The van der Waals surface area contributed by atoms with Gasteiger partial charge in [-0.15, -0.1) is 0 Å². The van der Waals surface area contributed by atoms with Crippen molar-refractivity contribution in [3.63, 3.8) is 0 Å². The molecule has 1 aromatic carbocycles. The fourth-order valence-corrected chi connectivity index (χ4v) is 4.64. The second kappa shape index (κ2) is 17.8. The number of likely N-dealkylation sites (tertiary alicyclic amines) is 1. The molecule has 2 fully saturated rings. The molecule has 2 unspecified atom stereocenters. The van der Waals surface area contributed by atoms with E-state index in [2.05, 4.69) is 51.4 Å². The first-order valence-corrected chi connectivity index (χ1v) is 13.0. The quantitative estimate of drug-likeness (QED) is 0.342. The fraction of sp³-hybridized carbons (Fsp3) is 0.733. The van der Waals surface area contributed by atoms with Crippen LogP contribution in [0.25, 0.3) is 0 Å². The number of unbranched alkanes of at least 4 members (excludes halogenated alkanes) is 1. The Balaban J connectivity index is 0. The van der Waals surface area contributed by atoms with Crippen molar-refractivity contribution in [3.05, 3.63) is 41.7 Å². The van der Waals surface area contributed by atoms with Gasteiger partial charge in [0.1, 0.15) is 5.75 Å². The van der Waals surface area contributed by atoms with Gasteiger partial charge < -0.3 is 15.2 Å². The van der Waals surface area contributed by atoms with E-state index in [9.17, 15) is 0 Å². The predicted molar refractivity (Wildman–Crippen MR) is 152 cm³/mol. The normalized spacial score (nSPS) is 23.1. The molecule has 2 atom stereocenters. The Morgan fingerprint density at radius 1 is 1.12 bits per heavy atom. The van der Waals surface area contributed by atoms with Gasteiger partial charge in [-0.25, -0.2) is 0 Å². The molecule has 1 heterocycles. The molecular weight excluding hydrogens is 420 g/mol. The average molecular weight is 479 g/mol. The van der Waals surface area contributed by atoms with E-state index >= 15 is 0 Å². The summed E-state index contributed by atoms with van der Waals surface area (Å²) in [5.41, 5.74) is 9.39. The van der Waals surface area contributed by atoms with Crippen LogP contribution in [0.15, 0.2) is 30.5 Å². The molecule has 2 aliphatic rings. The van der Waals surface area contributed by atoms with E-state index in [0.717, 1.165) is 24.5 Å². The monoisotopic (exact) mass is 478 g/mol. The van der Waals surface area contributed by atoms with Crippen LogP contribution >= 0.6 is 0 Å². The van der Waals surface area contributed by atoms with Gasteiger partial charge in [-0.1, -0.05) is 73.1 Å². The lowest BCUT2D eigenvalue weighted by atomic mass is 9.62. The Kier molecular flexibility index (Phi) is 18.2. The third-order valence-electron chi connectivity index (χ3n) is 6.89. The summed E-state index contributed by atoms with van der Waals surface area (Å²) in [4.78, 5) is 2.40. The van der Waals surface area contributed by atoms with E-state index in [0.29, 0.717) is 5.41 Å². The van der Waals surface area contributed by atoms with Crippen molar-refractivity contribution in [3.8, 4) is 5.75 Å². The van der Waals surface area contributed by atoms with Gasteiger partial charge in [0.25, 0.3) is 0 Å². The topological polar surface area (TPSA) is 47.7 Å². The van der Waals surface area contributed by atoms with E-state index in [-0.39, 0.29) is 13.1 Å². The number of piperidine rings is 1. The molecule has 3 rings (SSSR count). The molecule has 1 aromatic rings. The second-order valence-electron chi connectivity index (χ2n) is 9.59. The number of rotatable bonds is 5. The zero-order valence-electron chi connectivity index (χ0n) is 23.4. The molecule has 200 valence electrons. The lowest BCUT2D eigenvalue weighted by Gasteiger charge is -2.57. The van der Waals surface area contributed by atoms with E-state index in [1.54, 1.807) is 7.11 Å². The van der Waals surface area contributed by atoms with Crippen molar-refractivity contribution in [2.75, 3.05) is 27.3 Å². The minimum absolute atomic E-state index is 0. The highest BCUT2D eigenvalue weighted by Gasteiger charge is 2.50. The summed E-state index contributed by atoms with van der Waals surface area (Å²) in [6.45, 7) is 20.1. The summed E-state index contributed by atoms with van der Waals surface area (Å²) < 4.78 is 10.2. The van der Waals surface area contributed by atoms with Crippen LogP contribution in [0.3, 0.4) is 0 Å². The Labute approximate surface area is 213 Å². The van der Waals surface area contributed by atoms with E-state index in [1.165, 1.54) is 62.6 Å². The highest BCUT2D eigenvalue weighted by atomic mass is 16.5. The van der Waals surface area contributed by atoms with E-state index in [4.69, 9.17) is 15.2 Å². The molecule has 4 nitrogen and oxygen atoms in total. The minimum atomic E-state index is 0. The second-order valence-corrected chi connectivity index (χ2v) is 9.59. The number of methoxy groups -OCH3 is 1. The maximum atomic E-state index is 6.57. The third-order valence-corrected chi connectivity index (χ3v) is 6.89. The molecule has 1 saturated heterocycles.